The fourth-order valence-corrected chi connectivity index (χ4v) is 12.8. The molecule has 606 valence electrons. The summed E-state index contributed by atoms with van der Waals surface area (Å²) in [4.78, 5) is 169. The Hall–Kier alpha value is -9.19. The molecule has 4 rings (SSSR count). The van der Waals surface area contributed by atoms with Crippen molar-refractivity contribution in [2.45, 2.75) is 223 Å². The molecule has 108 heavy (non-hydrogen) atoms. The Bertz CT molecular complexity index is 3640. The van der Waals surface area contributed by atoms with Gasteiger partial charge in [-0.3, -0.25) is 52.7 Å². The van der Waals surface area contributed by atoms with Gasteiger partial charge in [-0.1, -0.05) is 109 Å². The molecule has 0 aliphatic carbocycles. The number of benzene rings is 2. The van der Waals surface area contributed by atoms with Crippen LogP contribution in [0.2, 0.25) is 0 Å². The number of amides is 11. The smallest absolute Gasteiger partial charge is 0.402 e. The molecule has 1 saturated heterocycles. The number of phenols is 5. The van der Waals surface area contributed by atoms with Crippen LogP contribution in [0.25, 0.3) is 22.3 Å². The minimum absolute atomic E-state index is 0. The Balaban J connectivity index is 0.00000144. The number of nitrogens with one attached hydrogen (secondary N) is 4. The Morgan fingerprint density at radius 1 is 0.481 bits per heavy atom. The van der Waals surface area contributed by atoms with E-state index in [0.717, 1.165) is 28.0 Å². The number of carbonyl (C=O) groups is 11. The van der Waals surface area contributed by atoms with Crippen LogP contribution in [0.1, 0.15) is 156 Å². The molecule has 11 amide bonds. The summed E-state index contributed by atoms with van der Waals surface area (Å²) in [6.45, 7) is 29.3. The topological polar surface area (TPSA) is 411 Å². The van der Waals surface area contributed by atoms with Gasteiger partial charge in [-0.2, -0.15) is 0 Å². The lowest BCUT2D eigenvalue weighted by Gasteiger charge is -2.41. The first-order chi connectivity index (χ1) is 49.6. The summed E-state index contributed by atoms with van der Waals surface area (Å²) >= 11 is 0. The molecule has 0 bridgehead atoms. The van der Waals surface area contributed by atoms with E-state index in [0.29, 0.717) is 6.42 Å². The molecule has 1 aliphatic heterocycles. The van der Waals surface area contributed by atoms with E-state index in [1.807, 2.05) is 61.5 Å². The lowest BCUT2D eigenvalue weighted by Crippen LogP contribution is -3.00. The predicted molar refractivity (Wildman–Crippen MR) is 404 cm³/mol. The summed E-state index contributed by atoms with van der Waals surface area (Å²) in [5.74, 6) is -12.6. The molecule has 1 aromatic heterocycles. The van der Waals surface area contributed by atoms with Crippen molar-refractivity contribution in [3.05, 3.63) is 42.5 Å². The number of hydrogen-bond donors (Lipinski definition) is 11. The maximum absolute atomic E-state index is 15.1. The van der Waals surface area contributed by atoms with Gasteiger partial charge in [0, 0.05) is 73.6 Å². The van der Waals surface area contributed by atoms with Gasteiger partial charge in [0.15, 0.2) is 17.2 Å². The van der Waals surface area contributed by atoms with Crippen LogP contribution < -0.4 is 33.7 Å². The summed E-state index contributed by atoms with van der Waals surface area (Å²) in [6, 6.07) is -6.62. The number of halogens is 1. The molecule has 2 heterocycles. The van der Waals surface area contributed by atoms with E-state index in [1.54, 1.807) is 54.5 Å². The van der Waals surface area contributed by atoms with Crippen molar-refractivity contribution in [3.63, 3.8) is 0 Å². The maximum Gasteiger partial charge on any atom is 0.402 e. The Labute approximate surface area is 642 Å². The monoisotopic (exact) mass is 1540 g/mol. The van der Waals surface area contributed by atoms with Crippen LogP contribution in [-0.2, 0) is 52.7 Å². The van der Waals surface area contributed by atoms with E-state index >= 15 is 9.59 Å². The van der Waals surface area contributed by atoms with E-state index in [1.165, 1.54) is 99.8 Å². The van der Waals surface area contributed by atoms with Crippen LogP contribution in [0.5, 0.6) is 34.5 Å². The average molecular weight is 1540 g/mol. The van der Waals surface area contributed by atoms with Gasteiger partial charge in [-0.25, -0.2) is 4.42 Å². The Kier molecular flexibility index (Phi) is 36.9. The second-order valence-electron chi connectivity index (χ2n) is 30.8. The summed E-state index contributed by atoms with van der Waals surface area (Å²) < 4.78 is 5.42. The van der Waals surface area contributed by atoms with Crippen molar-refractivity contribution in [1.29, 1.82) is 0 Å². The molecule has 0 radical (unpaired) electrons. The minimum Gasteiger partial charge on any atom is -1.00 e. The van der Waals surface area contributed by atoms with Gasteiger partial charge < -0.3 is 104 Å². The lowest BCUT2D eigenvalue weighted by atomic mass is 9.91. The zero-order valence-corrected chi connectivity index (χ0v) is 68.2. The van der Waals surface area contributed by atoms with Gasteiger partial charge in [0.2, 0.25) is 70.7 Å². The highest BCUT2D eigenvalue weighted by Crippen LogP contribution is 2.44. The highest BCUT2D eigenvalue weighted by molar-refractivity contribution is 6.00. The lowest BCUT2D eigenvalue weighted by molar-refractivity contribution is -0.157. The fourth-order valence-electron chi connectivity index (χ4n) is 12.8. The van der Waals surface area contributed by atoms with Crippen molar-refractivity contribution >= 4 is 75.9 Å². The molecule has 30 nitrogen and oxygen atoms in total. The quantitative estimate of drug-likeness (QED) is 0.0558. The molecule has 0 unspecified atom stereocenters. The van der Waals surface area contributed by atoms with Crippen LogP contribution in [-0.4, -0.2) is 257 Å². The molecular weight excluding hydrogens is 1420 g/mol. The second kappa shape index (κ2) is 42.0. The summed E-state index contributed by atoms with van der Waals surface area (Å²) in [5.41, 5.74) is 0.174. The first-order valence-corrected chi connectivity index (χ1v) is 36.7. The normalized spacial score (nSPS) is 23.4. The molecule has 3 aromatic rings. The highest BCUT2D eigenvalue weighted by Gasteiger charge is 2.46. The number of likely N-dealkylation sites (N-methyl/N-ethyl adjacent to an activating group) is 7. The SMILES string of the molecule is C/C=C/C[C@@H](C)[C@@H](O)[C@H]1C(=O)N[C@@H](CC)C(=O)N(C)CC(=O)N(C)[C@@H](CC(C)C)C(=O)N[C@@H](C(C)C)C(=O)N(C)[C@@H](CC(C)C)C(=O)N[C@@H](C)C(=O)N[C@H](C)C(=O)N(C)[C@@H](CC(C)C)C(=O)N(C)[C@@H](CC(C)C)C(=O)N(C)[C@@H](C(C)C)C(=O)N1C.Oc1cc(O)c2cc(O)c(-c3cc(O)c(O)c(O)c3)[o+]c2c1.[Cl-]. The highest BCUT2D eigenvalue weighted by atomic mass is 35.5. The number of phenolic OH excluding ortho intramolecular Hbond substituents is 5. The first-order valence-electron chi connectivity index (χ1n) is 36.7. The molecule has 31 heteroatoms. The van der Waals surface area contributed by atoms with E-state index in [9.17, 15) is 78.9 Å². The zero-order valence-electron chi connectivity index (χ0n) is 67.4. The molecule has 1 fully saturated rings. The summed E-state index contributed by atoms with van der Waals surface area (Å²) in [7, 11) is 9.92. The van der Waals surface area contributed by atoms with Crippen molar-refractivity contribution in [1.82, 2.24) is 55.6 Å². The summed E-state index contributed by atoms with van der Waals surface area (Å²) in [5, 5.41) is 80.8. The van der Waals surface area contributed by atoms with Gasteiger partial charge in [-0.15, -0.1) is 0 Å². The van der Waals surface area contributed by atoms with E-state index in [-0.39, 0.29) is 108 Å². The average Bonchev–Trinajstić information content (AvgIpc) is 0.790. The molecule has 11 N–H and O–H groups in total. The van der Waals surface area contributed by atoms with E-state index in [4.69, 9.17) is 4.42 Å². The fraction of sp³-hybridized carbons (Fsp3) is 0.636. The third-order valence-corrected chi connectivity index (χ3v) is 19.2. The zero-order chi connectivity index (χ0) is 82.0. The number of nitrogens with zero attached hydrogens (tertiary/aromatic N) is 7. The van der Waals surface area contributed by atoms with Crippen LogP contribution in [0.4, 0.5) is 0 Å². The molecule has 2 aromatic carbocycles. The number of aromatic hydroxyl groups is 6. The van der Waals surface area contributed by atoms with Crippen molar-refractivity contribution in [2.75, 3.05) is 55.9 Å². The van der Waals surface area contributed by atoms with Gasteiger partial charge >= 0.3 is 11.3 Å². The Morgan fingerprint density at radius 2 is 0.935 bits per heavy atom. The molecular formula is C77H122ClN11O19. The van der Waals surface area contributed by atoms with E-state index in [2.05, 4.69) is 21.3 Å². The number of allylic oxidation sites excluding steroid dienone is 2. The third-order valence-electron chi connectivity index (χ3n) is 19.2. The Morgan fingerprint density at radius 3 is 1.42 bits per heavy atom. The van der Waals surface area contributed by atoms with Crippen LogP contribution in [0.3, 0.4) is 0 Å². The molecule has 12 atom stereocenters. The number of aliphatic hydroxyl groups excluding tert-OH is 1. The number of carbonyl (C=O) groups excluding carboxylic acids is 11. The second-order valence-corrected chi connectivity index (χ2v) is 30.8. The van der Waals surface area contributed by atoms with Gasteiger partial charge in [0.05, 0.1) is 24.3 Å². The number of aliphatic hydroxyl groups is 1. The number of rotatable bonds is 16. The summed E-state index contributed by atoms with van der Waals surface area (Å²) in [6.07, 6.45) is 3.04. The van der Waals surface area contributed by atoms with Crippen LogP contribution in [0.15, 0.2) is 46.9 Å². The molecule has 0 saturated carbocycles. The standard InChI is InChI=1S/C62H111N11O12.C15H10O7.ClH/c1-25-27-28-40(15)52(75)51-56(79)65-43(26-2)58(81)67(18)33-48(74)68(19)44(29-34(3)4)55(78)66-49(38(11)12)61(84)69(20)45(30-35(5)6)54(77)63-41(16)53(76)64-42(17)57(80)70(21)46(31-36(7)8)59(82)71(22)47(32-37(9)10)60(83)72(23)50(39(13)14)62(85)73(51)24;16-7-3-9(17)8-5-12(20)15(22-13(8)4-7)6-1-10(18)14(21)11(19)2-6;/h25,27,34-47,49-52,75H,26,28-33H2,1-24H3,(H,63,77)(H,64,76)(H,65,79)(H,66,78);1-5H,(H5-,16,17,18,19,20,21);1H/b27-25+;;/t40-,41+,42-,43+,44+,45+,46+,47+,49+,50+,51+,52-;;/m1../s1. The number of hydrogen-bond acceptors (Lipinski definition) is 18. The van der Waals surface area contributed by atoms with Crippen molar-refractivity contribution < 1.29 is 105 Å². The van der Waals surface area contributed by atoms with Gasteiger partial charge in [-0.05, 0) is 101 Å². The van der Waals surface area contributed by atoms with Crippen molar-refractivity contribution in [3.8, 4) is 45.8 Å². The first kappa shape index (κ1) is 94.9. The van der Waals surface area contributed by atoms with Crippen molar-refractivity contribution in [2.24, 2.45) is 41.4 Å². The van der Waals surface area contributed by atoms with Gasteiger partial charge in [0.25, 0.3) is 0 Å². The molecule has 1 aliphatic rings. The van der Waals surface area contributed by atoms with Crippen LogP contribution in [0, 0.1) is 41.4 Å². The predicted octanol–water partition coefficient (Wildman–Crippen LogP) is 2.89. The number of fused-ring (bicyclic) bond motifs is 1. The third kappa shape index (κ3) is 24.9. The molecule has 0 spiro atoms. The van der Waals surface area contributed by atoms with E-state index < -0.39 is 173 Å². The van der Waals surface area contributed by atoms with Gasteiger partial charge in [0.1, 0.15) is 77.3 Å². The maximum atomic E-state index is 15.1. The largest absolute Gasteiger partial charge is 1.00 e. The van der Waals surface area contributed by atoms with Crippen LogP contribution >= 0.6 is 0 Å². The minimum atomic E-state index is -1.61.